The minimum absolute atomic E-state index is 0.441. The van der Waals surface area contributed by atoms with E-state index in [9.17, 15) is 33.6 Å². The lowest BCUT2D eigenvalue weighted by molar-refractivity contribution is -0.344. The fourth-order valence-corrected chi connectivity index (χ4v) is 4.22. The van der Waals surface area contributed by atoms with Gasteiger partial charge in [0.05, 0.1) is 0 Å². The number of hydrogen-bond acceptors (Lipinski definition) is 17. The molecule has 2 heterocycles. The average molecular weight is 607 g/mol. The number of carbonyl (C=O) groups is 7. The van der Waals surface area contributed by atoms with E-state index >= 15 is 0 Å². The van der Waals surface area contributed by atoms with Crippen LogP contribution in [-0.2, 0) is 80.9 Å². The van der Waals surface area contributed by atoms with Gasteiger partial charge in [-0.05, 0) is 0 Å². The first-order valence-corrected chi connectivity index (χ1v) is 12.7. The molecule has 0 aromatic heterocycles. The van der Waals surface area contributed by atoms with Crippen LogP contribution < -0.4 is 0 Å². The Balaban J connectivity index is 2.53. The molecule has 0 spiro atoms. The molecule has 9 atom stereocenters. The molecule has 0 radical (unpaired) electrons. The Labute approximate surface area is 240 Å². The van der Waals surface area contributed by atoms with Crippen molar-refractivity contribution in [3.63, 3.8) is 0 Å². The van der Waals surface area contributed by atoms with Crippen molar-refractivity contribution in [2.24, 2.45) is 0 Å². The second-order valence-corrected chi connectivity index (χ2v) is 9.20. The van der Waals surface area contributed by atoms with Gasteiger partial charge < -0.3 is 47.4 Å². The first kappa shape index (κ1) is 34.4. The highest BCUT2D eigenvalue weighted by atomic mass is 16.8. The molecular weight excluding hydrogens is 572 g/mol. The summed E-state index contributed by atoms with van der Waals surface area (Å²) in [5.74, 6) is -5.62. The molecule has 236 valence electrons. The Hall–Kier alpha value is -3.83. The van der Waals surface area contributed by atoms with Crippen LogP contribution in [0.3, 0.4) is 0 Å². The third-order valence-electron chi connectivity index (χ3n) is 5.54. The number of carbonyl (C=O) groups excluding carboxylic acids is 7. The normalized spacial score (nSPS) is 30.3. The van der Waals surface area contributed by atoms with Crippen molar-refractivity contribution < 1.29 is 80.9 Å². The zero-order valence-corrected chi connectivity index (χ0v) is 24.1. The van der Waals surface area contributed by atoms with Crippen molar-refractivity contribution in [3.8, 4) is 0 Å². The fourth-order valence-electron chi connectivity index (χ4n) is 4.22. The van der Waals surface area contributed by atoms with Gasteiger partial charge in [0.15, 0.2) is 30.5 Å². The first-order valence-electron chi connectivity index (χ1n) is 12.7. The Morgan fingerprint density at radius 1 is 0.429 bits per heavy atom. The van der Waals surface area contributed by atoms with Gasteiger partial charge in [-0.1, -0.05) is 0 Å². The molecule has 0 aromatic carbocycles. The highest BCUT2D eigenvalue weighted by molar-refractivity contribution is 5.69. The lowest BCUT2D eigenvalue weighted by atomic mass is 9.98. The molecule has 0 aliphatic carbocycles. The van der Waals surface area contributed by atoms with E-state index < -0.39 is 110 Å². The van der Waals surface area contributed by atoms with E-state index in [-0.39, 0.29) is 0 Å². The molecule has 2 aliphatic heterocycles. The molecule has 0 bridgehead atoms. The van der Waals surface area contributed by atoms with Gasteiger partial charge in [-0.15, -0.1) is 0 Å². The van der Waals surface area contributed by atoms with Gasteiger partial charge in [0.2, 0.25) is 12.6 Å². The SMILES string of the molecule is CC(=O)OC[C@H]1O[C@H](O[C@@H]2O[C@H](COC(C)=O)[C@@H](OC(C)=O)[C@@H]2OC(C)=O)[C@H](OC(C)=O)[C@@H](OC(C)=O)[C@@H]1OC(C)=O. The van der Waals surface area contributed by atoms with Gasteiger partial charge in [-0.25, -0.2) is 0 Å². The quantitative estimate of drug-likeness (QED) is 0.209. The molecule has 0 saturated carbocycles. The van der Waals surface area contributed by atoms with E-state index in [0.717, 1.165) is 48.5 Å². The lowest BCUT2D eigenvalue weighted by Gasteiger charge is -2.44. The maximum atomic E-state index is 12.1. The highest BCUT2D eigenvalue weighted by Gasteiger charge is 2.57. The summed E-state index contributed by atoms with van der Waals surface area (Å²) < 4.78 is 54.2. The third-order valence-corrected chi connectivity index (χ3v) is 5.54. The summed E-state index contributed by atoms with van der Waals surface area (Å²) in [6.45, 7) is 6.56. The van der Waals surface area contributed by atoms with Gasteiger partial charge in [0.25, 0.3) is 0 Å². The van der Waals surface area contributed by atoms with Crippen molar-refractivity contribution in [2.45, 2.75) is 104 Å². The monoisotopic (exact) mass is 606 g/mol. The summed E-state index contributed by atoms with van der Waals surface area (Å²) in [4.78, 5) is 82.8. The summed E-state index contributed by atoms with van der Waals surface area (Å²) in [7, 11) is 0. The minimum Gasteiger partial charge on any atom is -0.463 e. The molecule has 17 nitrogen and oxygen atoms in total. The van der Waals surface area contributed by atoms with Crippen LogP contribution in [0.5, 0.6) is 0 Å². The summed E-state index contributed by atoms with van der Waals surface area (Å²) in [5, 5.41) is 0. The average Bonchev–Trinajstić information content (AvgIpc) is 3.13. The molecule has 2 fully saturated rings. The van der Waals surface area contributed by atoms with Crippen LogP contribution in [0.2, 0.25) is 0 Å². The molecule has 0 unspecified atom stereocenters. The molecule has 17 heteroatoms. The zero-order valence-electron chi connectivity index (χ0n) is 24.1. The molecule has 0 aromatic rings. The third kappa shape index (κ3) is 10.2. The standard InChI is InChI=1S/C25H34O17/c1-10(26)33-8-17-19(35-12(3)28)21(37-14(5)30)23(39-16(7)32)25(40-17)42-24-22(38-15(6)31)20(36-13(4)29)18(41-24)9-34-11(2)27/h17-25H,8-9H2,1-7H3/t17-,18-,19-,20-,21+,22+,23-,24+,25-/m1/s1. The smallest absolute Gasteiger partial charge is 0.303 e. The largest absolute Gasteiger partial charge is 0.463 e. The van der Waals surface area contributed by atoms with Crippen molar-refractivity contribution >= 4 is 41.8 Å². The van der Waals surface area contributed by atoms with Crippen molar-refractivity contribution in [1.29, 1.82) is 0 Å². The number of rotatable bonds is 11. The van der Waals surface area contributed by atoms with E-state index in [1.165, 1.54) is 0 Å². The second-order valence-electron chi connectivity index (χ2n) is 9.20. The molecule has 2 aliphatic rings. The molecule has 42 heavy (non-hydrogen) atoms. The van der Waals surface area contributed by atoms with Gasteiger partial charge in [-0.3, -0.25) is 33.6 Å². The Bertz CT molecular complexity index is 1040. The van der Waals surface area contributed by atoms with Crippen LogP contribution in [0.15, 0.2) is 0 Å². The Morgan fingerprint density at radius 2 is 0.714 bits per heavy atom. The summed E-state index contributed by atoms with van der Waals surface area (Å²) in [6, 6.07) is 0. The number of esters is 7. The van der Waals surface area contributed by atoms with Gasteiger partial charge in [0.1, 0.15) is 25.4 Å². The second kappa shape index (κ2) is 15.4. The van der Waals surface area contributed by atoms with Gasteiger partial charge in [0, 0.05) is 48.5 Å². The van der Waals surface area contributed by atoms with E-state index in [2.05, 4.69) is 0 Å². The van der Waals surface area contributed by atoms with Crippen molar-refractivity contribution in [1.82, 2.24) is 0 Å². The molecule has 0 N–H and O–H groups in total. The fraction of sp³-hybridized carbons (Fsp3) is 0.720. The molecule has 2 rings (SSSR count). The van der Waals surface area contributed by atoms with Gasteiger partial charge in [-0.2, -0.15) is 0 Å². The minimum atomic E-state index is -1.71. The highest BCUT2D eigenvalue weighted by Crippen LogP contribution is 2.35. The Kier molecular flexibility index (Phi) is 12.6. The van der Waals surface area contributed by atoms with Crippen LogP contribution in [0.1, 0.15) is 48.5 Å². The van der Waals surface area contributed by atoms with Crippen LogP contribution in [0.25, 0.3) is 0 Å². The van der Waals surface area contributed by atoms with E-state index in [4.69, 9.17) is 47.4 Å². The maximum absolute atomic E-state index is 12.1. The number of hydrogen-bond donors (Lipinski definition) is 0. The van der Waals surface area contributed by atoms with Crippen LogP contribution in [-0.4, -0.2) is 110 Å². The molecular formula is C25H34O17. The summed E-state index contributed by atoms with van der Waals surface area (Å²) in [6.07, 6.45) is -13.3. The zero-order chi connectivity index (χ0) is 31.7. The topological polar surface area (TPSA) is 212 Å². The Morgan fingerprint density at radius 3 is 1.05 bits per heavy atom. The number of ether oxygens (including phenoxy) is 10. The first-order chi connectivity index (χ1) is 19.6. The van der Waals surface area contributed by atoms with Crippen molar-refractivity contribution in [2.75, 3.05) is 13.2 Å². The van der Waals surface area contributed by atoms with Crippen LogP contribution in [0, 0.1) is 0 Å². The summed E-state index contributed by atoms with van der Waals surface area (Å²) >= 11 is 0. The van der Waals surface area contributed by atoms with Crippen LogP contribution in [0.4, 0.5) is 0 Å². The predicted octanol–water partition coefficient (Wildman–Crippen LogP) is -0.762. The lowest BCUT2D eigenvalue weighted by Crippen LogP contribution is -2.63. The molecule has 0 amide bonds. The summed E-state index contributed by atoms with van der Waals surface area (Å²) in [5.41, 5.74) is 0. The van der Waals surface area contributed by atoms with Crippen LogP contribution >= 0.6 is 0 Å². The molecule has 2 saturated heterocycles. The van der Waals surface area contributed by atoms with Crippen molar-refractivity contribution in [3.05, 3.63) is 0 Å². The van der Waals surface area contributed by atoms with Gasteiger partial charge >= 0.3 is 41.8 Å². The maximum Gasteiger partial charge on any atom is 0.303 e. The van der Waals surface area contributed by atoms with E-state index in [1.54, 1.807) is 0 Å². The van der Waals surface area contributed by atoms with E-state index in [0.29, 0.717) is 0 Å². The van der Waals surface area contributed by atoms with E-state index in [1.807, 2.05) is 0 Å². The predicted molar refractivity (Wildman–Crippen MR) is 129 cm³/mol.